The Morgan fingerprint density at radius 2 is 1.70 bits per heavy atom. The molecule has 3 N–H and O–H groups in total. The van der Waals surface area contributed by atoms with Crippen molar-refractivity contribution in [2.45, 2.75) is 40.3 Å². The summed E-state index contributed by atoms with van der Waals surface area (Å²) in [5, 5.41) is 8.30. The molecular formula is C21H26FN3O2. The Morgan fingerprint density at radius 1 is 1.04 bits per heavy atom. The quantitative estimate of drug-likeness (QED) is 0.721. The van der Waals surface area contributed by atoms with Crippen LogP contribution in [-0.2, 0) is 11.3 Å². The summed E-state index contributed by atoms with van der Waals surface area (Å²) in [6.07, 6.45) is 0. The molecule has 2 rings (SSSR count). The van der Waals surface area contributed by atoms with Crippen LogP contribution in [0.15, 0.2) is 42.5 Å². The number of benzene rings is 2. The number of amides is 3. The standard InChI is InChI=1S/C21H26FN3O2/c1-13(2)19(20(26)24-18-7-5-6-14(3)15(18)4)25-21(27)23-12-16-8-10-17(22)11-9-16/h5-11,13,19H,12H2,1-4H3,(H,24,26)(H2,23,25,27)/t19-/m1/s1. The van der Waals surface area contributed by atoms with Crippen molar-refractivity contribution >= 4 is 17.6 Å². The average Bonchev–Trinajstić information content (AvgIpc) is 2.62. The Morgan fingerprint density at radius 3 is 2.33 bits per heavy atom. The van der Waals surface area contributed by atoms with Crippen molar-refractivity contribution in [3.05, 3.63) is 65.0 Å². The summed E-state index contributed by atoms with van der Waals surface area (Å²) in [6.45, 7) is 7.90. The minimum Gasteiger partial charge on any atom is -0.334 e. The highest BCUT2D eigenvalue weighted by Crippen LogP contribution is 2.18. The van der Waals surface area contributed by atoms with Gasteiger partial charge in [0.15, 0.2) is 0 Å². The summed E-state index contributed by atoms with van der Waals surface area (Å²) in [4.78, 5) is 24.9. The van der Waals surface area contributed by atoms with Crippen LogP contribution in [0.2, 0.25) is 0 Å². The fraction of sp³-hybridized carbons (Fsp3) is 0.333. The lowest BCUT2D eigenvalue weighted by molar-refractivity contribution is -0.118. The molecule has 0 spiro atoms. The molecule has 2 aromatic rings. The number of hydrogen-bond acceptors (Lipinski definition) is 2. The van der Waals surface area contributed by atoms with E-state index in [4.69, 9.17) is 0 Å². The highest BCUT2D eigenvalue weighted by atomic mass is 19.1. The van der Waals surface area contributed by atoms with Crippen LogP contribution < -0.4 is 16.0 Å². The van der Waals surface area contributed by atoms with Crippen molar-refractivity contribution in [1.82, 2.24) is 10.6 Å². The van der Waals surface area contributed by atoms with Gasteiger partial charge >= 0.3 is 6.03 Å². The van der Waals surface area contributed by atoms with Gasteiger partial charge in [0.1, 0.15) is 11.9 Å². The normalized spacial score (nSPS) is 11.8. The average molecular weight is 371 g/mol. The molecule has 0 saturated heterocycles. The molecule has 5 nitrogen and oxygen atoms in total. The molecule has 2 aromatic carbocycles. The molecule has 0 aliphatic heterocycles. The van der Waals surface area contributed by atoms with E-state index in [-0.39, 0.29) is 24.2 Å². The van der Waals surface area contributed by atoms with Crippen LogP contribution in [0, 0.1) is 25.6 Å². The van der Waals surface area contributed by atoms with Crippen molar-refractivity contribution in [3.63, 3.8) is 0 Å². The van der Waals surface area contributed by atoms with Crippen molar-refractivity contribution in [3.8, 4) is 0 Å². The molecule has 0 aliphatic rings. The predicted octanol–water partition coefficient (Wildman–Crippen LogP) is 3.91. The van der Waals surface area contributed by atoms with Gasteiger partial charge in [-0.1, -0.05) is 38.1 Å². The summed E-state index contributed by atoms with van der Waals surface area (Å²) < 4.78 is 12.9. The van der Waals surface area contributed by atoms with Gasteiger partial charge in [0.2, 0.25) is 5.91 Å². The zero-order valence-electron chi connectivity index (χ0n) is 16.1. The fourth-order valence-corrected chi connectivity index (χ4v) is 2.61. The Bertz CT molecular complexity index is 804. The first-order chi connectivity index (χ1) is 12.8. The maximum absolute atomic E-state index is 12.9. The highest BCUT2D eigenvalue weighted by Gasteiger charge is 2.24. The van der Waals surface area contributed by atoms with E-state index in [2.05, 4.69) is 16.0 Å². The molecule has 144 valence electrons. The van der Waals surface area contributed by atoms with Gasteiger partial charge in [-0.3, -0.25) is 4.79 Å². The van der Waals surface area contributed by atoms with E-state index in [9.17, 15) is 14.0 Å². The van der Waals surface area contributed by atoms with Gasteiger partial charge in [-0.2, -0.15) is 0 Å². The highest BCUT2D eigenvalue weighted by molar-refractivity contribution is 5.97. The van der Waals surface area contributed by atoms with Gasteiger partial charge in [0, 0.05) is 12.2 Å². The van der Waals surface area contributed by atoms with Crippen LogP contribution in [0.3, 0.4) is 0 Å². The molecule has 0 aromatic heterocycles. The third-order valence-electron chi connectivity index (χ3n) is 4.46. The van der Waals surface area contributed by atoms with Crippen LogP contribution in [0.5, 0.6) is 0 Å². The lowest BCUT2D eigenvalue weighted by Gasteiger charge is -2.22. The number of rotatable bonds is 6. The number of aryl methyl sites for hydroxylation is 1. The first-order valence-electron chi connectivity index (χ1n) is 8.94. The van der Waals surface area contributed by atoms with E-state index in [0.29, 0.717) is 0 Å². The Kier molecular flexibility index (Phi) is 6.93. The van der Waals surface area contributed by atoms with Gasteiger partial charge < -0.3 is 16.0 Å². The molecule has 3 amide bonds. The second-order valence-electron chi connectivity index (χ2n) is 6.91. The van der Waals surface area contributed by atoms with Gasteiger partial charge in [-0.25, -0.2) is 9.18 Å². The first kappa shape index (κ1) is 20.4. The predicted molar refractivity (Wildman–Crippen MR) is 105 cm³/mol. The van der Waals surface area contributed by atoms with Crippen LogP contribution >= 0.6 is 0 Å². The summed E-state index contributed by atoms with van der Waals surface area (Å²) in [5.41, 5.74) is 3.58. The van der Waals surface area contributed by atoms with E-state index in [1.54, 1.807) is 12.1 Å². The van der Waals surface area contributed by atoms with Crippen LogP contribution in [0.25, 0.3) is 0 Å². The topological polar surface area (TPSA) is 70.2 Å². The van der Waals surface area contributed by atoms with Crippen LogP contribution in [0.4, 0.5) is 14.9 Å². The molecule has 0 heterocycles. The number of urea groups is 1. The largest absolute Gasteiger partial charge is 0.334 e. The van der Waals surface area contributed by atoms with E-state index in [1.807, 2.05) is 45.9 Å². The molecule has 0 radical (unpaired) electrons. The van der Waals surface area contributed by atoms with E-state index in [0.717, 1.165) is 22.4 Å². The van der Waals surface area contributed by atoms with Crippen LogP contribution in [-0.4, -0.2) is 18.0 Å². The van der Waals surface area contributed by atoms with Gasteiger partial charge in [0.05, 0.1) is 0 Å². The summed E-state index contributed by atoms with van der Waals surface area (Å²) >= 11 is 0. The summed E-state index contributed by atoms with van der Waals surface area (Å²) in [7, 11) is 0. The maximum Gasteiger partial charge on any atom is 0.315 e. The lowest BCUT2D eigenvalue weighted by atomic mass is 10.0. The number of carbonyl (C=O) groups excluding carboxylic acids is 2. The summed E-state index contributed by atoms with van der Waals surface area (Å²) in [5.74, 6) is -0.687. The Labute approximate surface area is 159 Å². The molecule has 27 heavy (non-hydrogen) atoms. The number of nitrogens with one attached hydrogen (secondary N) is 3. The number of carbonyl (C=O) groups is 2. The third-order valence-corrected chi connectivity index (χ3v) is 4.46. The van der Waals surface area contributed by atoms with E-state index in [1.165, 1.54) is 12.1 Å². The lowest BCUT2D eigenvalue weighted by Crippen LogP contribution is -2.50. The second-order valence-corrected chi connectivity index (χ2v) is 6.91. The third kappa shape index (κ3) is 5.81. The molecule has 6 heteroatoms. The molecule has 0 aliphatic carbocycles. The van der Waals surface area contributed by atoms with E-state index < -0.39 is 12.1 Å². The fourth-order valence-electron chi connectivity index (χ4n) is 2.61. The summed E-state index contributed by atoms with van der Waals surface area (Å²) in [6, 6.07) is 10.4. The first-order valence-corrected chi connectivity index (χ1v) is 8.94. The molecule has 1 atom stereocenters. The van der Waals surface area contributed by atoms with Crippen molar-refractivity contribution in [2.75, 3.05) is 5.32 Å². The van der Waals surface area contributed by atoms with Crippen molar-refractivity contribution < 1.29 is 14.0 Å². The Hall–Kier alpha value is -2.89. The van der Waals surface area contributed by atoms with Crippen molar-refractivity contribution in [1.29, 1.82) is 0 Å². The molecular weight excluding hydrogens is 345 g/mol. The van der Waals surface area contributed by atoms with Gasteiger partial charge in [-0.15, -0.1) is 0 Å². The zero-order chi connectivity index (χ0) is 20.0. The molecule has 0 unspecified atom stereocenters. The van der Waals surface area contributed by atoms with Gasteiger partial charge in [0.25, 0.3) is 0 Å². The van der Waals surface area contributed by atoms with Crippen molar-refractivity contribution in [2.24, 2.45) is 5.92 Å². The molecule has 0 bridgehead atoms. The minimum atomic E-state index is -0.682. The SMILES string of the molecule is Cc1cccc(NC(=O)[C@H](NC(=O)NCc2ccc(F)cc2)C(C)C)c1C. The van der Waals surface area contributed by atoms with Gasteiger partial charge in [-0.05, 0) is 54.7 Å². The second kappa shape index (κ2) is 9.16. The zero-order valence-corrected chi connectivity index (χ0v) is 16.1. The monoisotopic (exact) mass is 371 g/mol. The maximum atomic E-state index is 12.9. The number of hydrogen-bond donors (Lipinski definition) is 3. The number of anilines is 1. The Balaban J connectivity index is 1.97. The van der Waals surface area contributed by atoms with E-state index >= 15 is 0 Å². The molecule has 0 saturated carbocycles. The molecule has 0 fully saturated rings. The minimum absolute atomic E-state index is 0.0910. The number of halogens is 1. The smallest absolute Gasteiger partial charge is 0.315 e. The van der Waals surface area contributed by atoms with Crippen LogP contribution in [0.1, 0.15) is 30.5 Å².